The number of benzene rings is 1. The van der Waals surface area contributed by atoms with E-state index >= 15 is 0 Å². The zero-order valence-electron chi connectivity index (χ0n) is 19.3. The van der Waals surface area contributed by atoms with Gasteiger partial charge in [-0.2, -0.15) is 0 Å². The lowest BCUT2D eigenvalue weighted by atomic mass is 9.81. The molecule has 3 heterocycles. The minimum atomic E-state index is -0.838. The largest absolute Gasteiger partial charge is 0.497 e. The van der Waals surface area contributed by atoms with Crippen LogP contribution in [0, 0.1) is 17.7 Å². The fourth-order valence-corrected chi connectivity index (χ4v) is 6.86. The summed E-state index contributed by atoms with van der Waals surface area (Å²) < 4.78 is 19.4. The summed E-state index contributed by atoms with van der Waals surface area (Å²) in [4.78, 5) is 18.5. The van der Waals surface area contributed by atoms with Crippen molar-refractivity contribution in [2.24, 2.45) is 11.8 Å². The van der Waals surface area contributed by atoms with Gasteiger partial charge in [-0.25, -0.2) is 4.39 Å². The number of ether oxygens (including phenoxy) is 1. The summed E-state index contributed by atoms with van der Waals surface area (Å²) in [5, 5.41) is 23.5. The first kappa shape index (κ1) is 26.2. The van der Waals surface area contributed by atoms with Crippen molar-refractivity contribution in [1.29, 1.82) is 0 Å². The van der Waals surface area contributed by atoms with Crippen LogP contribution in [0.4, 0.5) is 4.39 Å². The van der Waals surface area contributed by atoms with Crippen LogP contribution in [-0.2, 0) is 4.79 Å². The van der Waals surface area contributed by atoms with Crippen LogP contribution in [0.5, 0.6) is 5.75 Å². The number of hydrogen-bond donors (Lipinski definition) is 2. The summed E-state index contributed by atoms with van der Waals surface area (Å²) in [5.74, 6) is -0.113. The summed E-state index contributed by atoms with van der Waals surface area (Å²) in [6.45, 7) is 2.04. The highest BCUT2D eigenvalue weighted by Gasteiger charge is 2.34. The first-order valence-electron chi connectivity index (χ1n) is 11.5. The Morgan fingerprint density at radius 1 is 1.43 bits per heavy atom. The lowest BCUT2D eigenvalue weighted by molar-refractivity contribution is -0.146. The maximum absolute atomic E-state index is 13.2. The third kappa shape index (κ3) is 6.46. The molecule has 0 unspecified atom stereocenters. The number of nitrogens with zero attached hydrogens (tertiary/aromatic N) is 2. The van der Waals surface area contributed by atoms with Gasteiger partial charge in [0.15, 0.2) is 0 Å². The molecule has 3 atom stereocenters. The molecule has 3 aromatic rings. The molecule has 1 saturated heterocycles. The zero-order chi connectivity index (χ0) is 24.9. The van der Waals surface area contributed by atoms with E-state index in [2.05, 4.69) is 9.88 Å². The standard InChI is InChI=1S/C25H28ClFN2O4S2/c1-33-17-3-4-21-18(11-17)24(20(26)12-28-21)22(30)5-2-15-6-7-29(13-19(15)25(31)32)8-9-34-23-10-16(27)14-35-23/h3-4,10-12,14-15,19,22,30H,2,5-9,13H2,1H3,(H,31,32)/t15-,19+,22-/m0/s1. The third-order valence-corrected chi connectivity index (χ3v) is 8.99. The highest BCUT2D eigenvalue weighted by Crippen LogP contribution is 2.37. The number of aliphatic carboxylic acids is 1. The number of aromatic nitrogens is 1. The van der Waals surface area contributed by atoms with Crippen molar-refractivity contribution in [2.75, 3.05) is 32.5 Å². The summed E-state index contributed by atoms with van der Waals surface area (Å²) in [7, 11) is 1.58. The van der Waals surface area contributed by atoms with Crippen molar-refractivity contribution in [3.05, 3.63) is 52.2 Å². The summed E-state index contributed by atoms with van der Waals surface area (Å²) in [6, 6.07) is 6.97. The predicted molar refractivity (Wildman–Crippen MR) is 138 cm³/mol. The minimum Gasteiger partial charge on any atom is -0.497 e. The normalized spacial score (nSPS) is 19.7. The molecular weight excluding hydrogens is 511 g/mol. The Bertz CT molecular complexity index is 1180. The molecular formula is C25H28ClFN2O4S2. The molecule has 188 valence electrons. The second-order valence-corrected chi connectivity index (χ2v) is 11.4. The molecule has 4 rings (SSSR count). The minimum absolute atomic E-state index is 0.0288. The Kier molecular flexibility index (Phi) is 8.88. The van der Waals surface area contributed by atoms with E-state index in [1.54, 1.807) is 18.9 Å². The van der Waals surface area contributed by atoms with E-state index in [0.29, 0.717) is 41.2 Å². The van der Waals surface area contributed by atoms with Gasteiger partial charge in [-0.3, -0.25) is 9.78 Å². The number of likely N-dealkylation sites (tertiary alicyclic amines) is 1. The highest BCUT2D eigenvalue weighted by molar-refractivity contribution is 8.01. The number of carbonyl (C=O) groups is 1. The average Bonchev–Trinajstić information content (AvgIpc) is 3.27. The Balaban J connectivity index is 1.37. The molecule has 0 bridgehead atoms. The maximum atomic E-state index is 13.2. The Labute approximate surface area is 217 Å². The number of pyridine rings is 1. The average molecular weight is 539 g/mol. The number of thioether (sulfide) groups is 1. The molecule has 2 N–H and O–H groups in total. The number of hydrogen-bond acceptors (Lipinski definition) is 7. The van der Waals surface area contributed by atoms with Crippen LogP contribution in [0.1, 0.15) is 30.9 Å². The topological polar surface area (TPSA) is 82.9 Å². The SMILES string of the molecule is COc1ccc2ncc(Cl)c([C@@H](O)CC[C@H]3CCN(CCSc4cc(F)cs4)C[C@H]3C(=O)O)c2c1. The number of aliphatic hydroxyl groups excluding tert-OH is 1. The smallest absolute Gasteiger partial charge is 0.308 e. The molecule has 0 saturated carbocycles. The van der Waals surface area contributed by atoms with Gasteiger partial charge in [-0.15, -0.1) is 23.1 Å². The molecule has 0 aliphatic carbocycles. The molecule has 2 aromatic heterocycles. The second kappa shape index (κ2) is 11.9. The van der Waals surface area contributed by atoms with Gasteiger partial charge in [0.1, 0.15) is 11.6 Å². The first-order valence-corrected chi connectivity index (χ1v) is 13.7. The van der Waals surface area contributed by atoms with E-state index < -0.39 is 18.0 Å². The zero-order valence-corrected chi connectivity index (χ0v) is 21.7. The highest BCUT2D eigenvalue weighted by atomic mass is 35.5. The fourth-order valence-electron chi connectivity index (χ4n) is 4.69. The fraction of sp³-hybridized carbons (Fsp3) is 0.440. The van der Waals surface area contributed by atoms with Crippen LogP contribution in [-0.4, -0.2) is 58.6 Å². The first-order chi connectivity index (χ1) is 16.9. The molecule has 1 fully saturated rings. The lowest BCUT2D eigenvalue weighted by Crippen LogP contribution is -2.44. The Morgan fingerprint density at radius 2 is 2.26 bits per heavy atom. The summed E-state index contributed by atoms with van der Waals surface area (Å²) >= 11 is 9.40. The second-order valence-electron chi connectivity index (χ2n) is 8.72. The Hall–Kier alpha value is -1.91. The van der Waals surface area contributed by atoms with Crippen molar-refractivity contribution >= 4 is 51.6 Å². The maximum Gasteiger partial charge on any atom is 0.308 e. The van der Waals surface area contributed by atoms with Crippen LogP contribution >= 0.6 is 34.7 Å². The van der Waals surface area contributed by atoms with E-state index in [1.807, 2.05) is 18.2 Å². The van der Waals surface area contributed by atoms with E-state index in [1.165, 1.54) is 29.0 Å². The number of carboxylic acids is 1. The molecule has 1 aromatic carbocycles. The summed E-state index contributed by atoms with van der Waals surface area (Å²) in [5.41, 5.74) is 1.31. The van der Waals surface area contributed by atoms with Gasteiger partial charge < -0.3 is 19.8 Å². The van der Waals surface area contributed by atoms with Crippen LogP contribution in [0.15, 0.2) is 40.1 Å². The van der Waals surface area contributed by atoms with Crippen LogP contribution in [0.3, 0.4) is 0 Å². The van der Waals surface area contributed by atoms with Crippen molar-refractivity contribution < 1.29 is 24.1 Å². The lowest BCUT2D eigenvalue weighted by Gasteiger charge is -2.37. The van der Waals surface area contributed by atoms with E-state index in [0.717, 1.165) is 34.9 Å². The molecule has 35 heavy (non-hydrogen) atoms. The number of piperidine rings is 1. The van der Waals surface area contributed by atoms with Gasteiger partial charge in [0.2, 0.25) is 0 Å². The number of thiophene rings is 1. The number of rotatable bonds is 10. The van der Waals surface area contributed by atoms with Gasteiger partial charge >= 0.3 is 5.97 Å². The Morgan fingerprint density at radius 3 is 2.97 bits per heavy atom. The van der Waals surface area contributed by atoms with Crippen molar-refractivity contribution in [2.45, 2.75) is 29.6 Å². The molecule has 0 radical (unpaired) electrons. The van der Waals surface area contributed by atoms with Crippen molar-refractivity contribution in [3.8, 4) is 5.75 Å². The van der Waals surface area contributed by atoms with Gasteiger partial charge in [0.25, 0.3) is 0 Å². The van der Waals surface area contributed by atoms with E-state index in [4.69, 9.17) is 16.3 Å². The molecule has 1 aliphatic rings. The number of fused-ring (bicyclic) bond motifs is 1. The number of methoxy groups -OCH3 is 1. The molecule has 1 aliphatic heterocycles. The molecule has 0 spiro atoms. The molecule has 0 amide bonds. The van der Waals surface area contributed by atoms with E-state index in [9.17, 15) is 19.4 Å². The number of carboxylic acid groups (broad SMARTS) is 1. The monoisotopic (exact) mass is 538 g/mol. The summed E-state index contributed by atoms with van der Waals surface area (Å²) in [6.07, 6.45) is 2.44. The van der Waals surface area contributed by atoms with Crippen LogP contribution in [0.25, 0.3) is 10.9 Å². The van der Waals surface area contributed by atoms with Gasteiger partial charge in [0.05, 0.1) is 33.9 Å². The van der Waals surface area contributed by atoms with Crippen molar-refractivity contribution in [3.63, 3.8) is 0 Å². The van der Waals surface area contributed by atoms with Crippen molar-refractivity contribution in [1.82, 2.24) is 9.88 Å². The number of halogens is 2. The van der Waals surface area contributed by atoms with E-state index in [-0.39, 0.29) is 11.7 Å². The number of aliphatic hydroxyl groups is 1. The third-order valence-electron chi connectivity index (χ3n) is 6.56. The van der Waals surface area contributed by atoms with Crippen LogP contribution in [0.2, 0.25) is 5.02 Å². The van der Waals surface area contributed by atoms with Crippen LogP contribution < -0.4 is 4.74 Å². The quantitative estimate of drug-likeness (QED) is 0.319. The van der Waals surface area contributed by atoms with Gasteiger partial charge in [-0.05, 0) is 56.0 Å². The molecule has 10 heteroatoms. The molecule has 6 nitrogen and oxygen atoms in total. The van der Waals surface area contributed by atoms with Gasteiger partial charge in [-0.1, -0.05) is 11.6 Å². The predicted octanol–water partition coefficient (Wildman–Crippen LogP) is 5.73. The van der Waals surface area contributed by atoms with Gasteiger partial charge in [0, 0.05) is 41.4 Å².